The predicted molar refractivity (Wildman–Crippen MR) is 144 cm³/mol. The summed E-state index contributed by atoms with van der Waals surface area (Å²) in [6.45, 7) is 0. The molecule has 0 aliphatic rings. The number of anilines is 4. The number of benzene rings is 2. The third kappa shape index (κ3) is 4.55. The topological polar surface area (TPSA) is 147 Å². The van der Waals surface area contributed by atoms with E-state index in [2.05, 4.69) is 10.6 Å². The summed E-state index contributed by atoms with van der Waals surface area (Å²) in [6, 6.07) is 10.1. The van der Waals surface area contributed by atoms with Gasteiger partial charge in [-0.05, 0) is 24.3 Å². The van der Waals surface area contributed by atoms with E-state index in [9.17, 15) is 9.59 Å². The molecule has 0 radical (unpaired) electrons. The zero-order chi connectivity index (χ0) is 26.0. The fourth-order valence-electron chi connectivity index (χ4n) is 3.51. The van der Waals surface area contributed by atoms with Gasteiger partial charge < -0.3 is 41.0 Å². The van der Waals surface area contributed by atoms with Crippen LogP contribution in [0.1, 0.15) is 19.3 Å². The van der Waals surface area contributed by atoms with Gasteiger partial charge in [0.15, 0.2) is 0 Å². The molecule has 0 fully saturated rings. The summed E-state index contributed by atoms with van der Waals surface area (Å²) >= 11 is 2.32. The minimum atomic E-state index is -0.419. The van der Waals surface area contributed by atoms with Crippen molar-refractivity contribution in [2.45, 2.75) is 0 Å². The molecular weight excluding hydrogens is 504 g/mol. The van der Waals surface area contributed by atoms with E-state index in [4.69, 9.17) is 30.4 Å². The molecule has 0 aliphatic carbocycles. The second-order valence-electron chi connectivity index (χ2n) is 7.39. The molecule has 12 heteroatoms. The van der Waals surface area contributed by atoms with E-state index in [0.29, 0.717) is 43.8 Å². The van der Waals surface area contributed by atoms with Crippen molar-refractivity contribution in [2.24, 2.45) is 0 Å². The molecule has 2 heterocycles. The summed E-state index contributed by atoms with van der Waals surface area (Å²) in [6.07, 6.45) is 0. The van der Waals surface area contributed by atoms with Crippen LogP contribution in [0.4, 0.5) is 22.7 Å². The lowest BCUT2D eigenvalue weighted by Crippen LogP contribution is -2.14. The summed E-state index contributed by atoms with van der Waals surface area (Å²) in [7, 11) is 6.07. The van der Waals surface area contributed by atoms with Crippen LogP contribution in [-0.4, -0.2) is 40.3 Å². The molecule has 2 aromatic heterocycles. The number of nitrogen functional groups attached to an aromatic ring is 2. The first kappa shape index (κ1) is 24.9. The molecule has 2 amide bonds. The number of carbonyl (C=O) groups is 2. The number of amides is 2. The van der Waals surface area contributed by atoms with Crippen molar-refractivity contribution in [3.05, 3.63) is 46.2 Å². The molecule has 2 aromatic carbocycles. The first-order valence-electron chi connectivity index (χ1n) is 10.5. The van der Waals surface area contributed by atoms with E-state index in [1.54, 1.807) is 50.6 Å². The highest BCUT2D eigenvalue weighted by molar-refractivity contribution is 7.40. The summed E-state index contributed by atoms with van der Waals surface area (Å²) in [5.41, 5.74) is 14.0. The SMILES string of the molecule is COc1ccc(NC(=O)c2sc3sc(C(=O)Nc4ccc(OC)cc4OC)c(N)c3c2N)c(OC)c1. The van der Waals surface area contributed by atoms with E-state index in [1.807, 2.05) is 0 Å². The molecule has 0 unspecified atom stereocenters. The quantitative estimate of drug-likeness (QED) is 0.258. The molecule has 0 spiro atoms. The first-order valence-corrected chi connectivity index (χ1v) is 12.1. The van der Waals surface area contributed by atoms with Crippen molar-refractivity contribution in [3.8, 4) is 23.0 Å². The Kier molecular flexibility index (Phi) is 7.08. The predicted octanol–water partition coefficient (Wildman–Crippen LogP) is 4.67. The minimum Gasteiger partial charge on any atom is -0.497 e. The standard InChI is InChI=1S/C24H24N4O6S2/c1-31-11-5-7-13(15(9-11)33-3)27-22(29)20-18(25)17-19(26)21(36-24(17)35-20)23(30)28-14-8-6-12(32-2)10-16(14)34-4/h5-10H,25-26H2,1-4H3,(H,27,29)(H,28,30). The lowest BCUT2D eigenvalue weighted by molar-refractivity contribution is 0.102. The van der Waals surface area contributed by atoms with Crippen LogP contribution in [0.3, 0.4) is 0 Å². The highest BCUT2D eigenvalue weighted by Gasteiger charge is 2.26. The van der Waals surface area contributed by atoms with E-state index in [0.717, 1.165) is 22.7 Å². The molecular formula is C24H24N4O6S2. The fourth-order valence-corrected chi connectivity index (χ4v) is 5.90. The molecule has 4 rings (SSSR count). The van der Waals surface area contributed by atoms with Gasteiger partial charge in [0.1, 0.15) is 32.8 Å². The van der Waals surface area contributed by atoms with Gasteiger partial charge in [0.25, 0.3) is 11.8 Å². The molecule has 0 saturated heterocycles. The Morgan fingerprint density at radius 3 is 1.44 bits per heavy atom. The molecule has 0 saturated carbocycles. The van der Waals surface area contributed by atoms with Gasteiger partial charge in [-0.2, -0.15) is 0 Å². The van der Waals surface area contributed by atoms with Crippen molar-refractivity contribution < 1.29 is 28.5 Å². The molecule has 6 N–H and O–H groups in total. The van der Waals surface area contributed by atoms with Crippen LogP contribution in [0.2, 0.25) is 0 Å². The highest BCUT2D eigenvalue weighted by Crippen LogP contribution is 2.45. The summed E-state index contributed by atoms with van der Waals surface area (Å²) in [4.78, 5) is 26.6. The van der Waals surface area contributed by atoms with Crippen LogP contribution in [0.25, 0.3) is 9.40 Å². The number of hydrogen-bond acceptors (Lipinski definition) is 10. The number of hydrogen-bond donors (Lipinski definition) is 4. The van der Waals surface area contributed by atoms with Crippen LogP contribution >= 0.6 is 22.7 Å². The number of fused-ring (bicyclic) bond motifs is 1. The third-order valence-corrected chi connectivity index (χ3v) is 7.85. The van der Waals surface area contributed by atoms with Gasteiger partial charge in [0.2, 0.25) is 0 Å². The van der Waals surface area contributed by atoms with Crippen LogP contribution in [0.15, 0.2) is 36.4 Å². The average Bonchev–Trinajstić information content (AvgIpc) is 3.40. The largest absolute Gasteiger partial charge is 0.497 e. The van der Waals surface area contributed by atoms with Crippen LogP contribution in [0.5, 0.6) is 23.0 Å². The maximum atomic E-state index is 13.0. The van der Waals surface area contributed by atoms with Gasteiger partial charge >= 0.3 is 0 Å². The van der Waals surface area contributed by atoms with Crippen molar-refractivity contribution in [3.63, 3.8) is 0 Å². The van der Waals surface area contributed by atoms with Gasteiger partial charge in [0.05, 0.1) is 60.6 Å². The molecule has 0 aliphatic heterocycles. The van der Waals surface area contributed by atoms with Gasteiger partial charge in [-0.1, -0.05) is 0 Å². The molecule has 4 aromatic rings. The van der Waals surface area contributed by atoms with Gasteiger partial charge in [-0.15, -0.1) is 22.7 Å². The zero-order valence-electron chi connectivity index (χ0n) is 19.9. The molecule has 0 atom stereocenters. The number of methoxy groups -OCH3 is 4. The Labute approximate surface area is 214 Å². The average molecular weight is 529 g/mol. The zero-order valence-corrected chi connectivity index (χ0v) is 21.5. The van der Waals surface area contributed by atoms with Crippen LogP contribution < -0.4 is 41.0 Å². The third-order valence-electron chi connectivity index (χ3n) is 5.35. The molecule has 10 nitrogen and oxygen atoms in total. The van der Waals surface area contributed by atoms with Crippen LogP contribution in [0, 0.1) is 0 Å². The second kappa shape index (κ2) is 10.2. The van der Waals surface area contributed by atoms with Crippen molar-refractivity contribution in [2.75, 3.05) is 50.5 Å². The fraction of sp³-hybridized carbons (Fsp3) is 0.167. The maximum absolute atomic E-state index is 13.0. The Morgan fingerprint density at radius 1 is 0.694 bits per heavy atom. The minimum absolute atomic E-state index is 0.204. The molecule has 36 heavy (non-hydrogen) atoms. The Balaban J connectivity index is 1.60. The number of nitrogens with one attached hydrogen (secondary N) is 2. The number of rotatable bonds is 8. The van der Waals surface area contributed by atoms with Gasteiger partial charge in [-0.25, -0.2) is 0 Å². The van der Waals surface area contributed by atoms with E-state index < -0.39 is 11.8 Å². The van der Waals surface area contributed by atoms with Crippen molar-refractivity contribution >= 4 is 66.6 Å². The number of carbonyl (C=O) groups excluding carboxylic acids is 2. The number of thiophene rings is 2. The monoisotopic (exact) mass is 528 g/mol. The summed E-state index contributed by atoms with van der Waals surface area (Å²) in [5, 5.41) is 6.08. The van der Waals surface area contributed by atoms with Crippen LogP contribution in [-0.2, 0) is 0 Å². The van der Waals surface area contributed by atoms with E-state index in [1.165, 1.54) is 14.2 Å². The summed E-state index contributed by atoms with van der Waals surface area (Å²) in [5.74, 6) is 1.22. The first-order chi connectivity index (χ1) is 17.3. The smallest absolute Gasteiger partial charge is 0.268 e. The Bertz CT molecular complexity index is 1360. The summed E-state index contributed by atoms with van der Waals surface area (Å²) < 4.78 is 21.7. The number of ether oxygens (including phenoxy) is 4. The van der Waals surface area contributed by atoms with Crippen molar-refractivity contribution in [1.82, 2.24) is 0 Å². The second-order valence-corrected chi connectivity index (χ2v) is 9.69. The van der Waals surface area contributed by atoms with E-state index in [-0.39, 0.29) is 21.1 Å². The molecule has 0 bridgehead atoms. The lowest BCUT2D eigenvalue weighted by Gasteiger charge is -2.12. The molecule has 188 valence electrons. The maximum Gasteiger partial charge on any atom is 0.268 e. The van der Waals surface area contributed by atoms with E-state index >= 15 is 0 Å². The highest BCUT2D eigenvalue weighted by atomic mass is 32.2. The number of nitrogens with two attached hydrogens (primary N) is 2. The Hall–Kier alpha value is -4.16. The normalized spacial score (nSPS) is 10.7. The van der Waals surface area contributed by atoms with Crippen molar-refractivity contribution in [1.29, 1.82) is 0 Å². The lowest BCUT2D eigenvalue weighted by atomic mass is 10.2. The van der Waals surface area contributed by atoms with Gasteiger partial charge in [0, 0.05) is 12.1 Å². The Morgan fingerprint density at radius 2 is 1.11 bits per heavy atom. The van der Waals surface area contributed by atoms with Gasteiger partial charge in [-0.3, -0.25) is 9.59 Å².